The molecule has 4 heteroatoms. The van der Waals surface area contributed by atoms with Crippen molar-refractivity contribution in [2.24, 2.45) is 0 Å². The van der Waals surface area contributed by atoms with Gasteiger partial charge in [-0.25, -0.2) is 4.98 Å². The first kappa shape index (κ1) is 12.6. The smallest absolute Gasteiger partial charge is 0.137 e. The average molecular weight is 258 g/mol. The number of nitrogens with one attached hydrogen (secondary N) is 1. The zero-order chi connectivity index (χ0) is 13.1. The standard InChI is InChI=1S/C15H22N4/c1-2-18(14-6-5-8-16-10-14)11-13-12-19-9-4-3-7-15(19)17-13/h3-4,7,9,12,14,16H,2,5-6,8,10-11H2,1H3. The van der Waals surface area contributed by atoms with Crippen molar-refractivity contribution in [1.82, 2.24) is 19.6 Å². The highest BCUT2D eigenvalue weighted by Crippen LogP contribution is 2.14. The topological polar surface area (TPSA) is 32.6 Å². The Balaban J connectivity index is 1.74. The van der Waals surface area contributed by atoms with Gasteiger partial charge in [-0.05, 0) is 38.1 Å². The quantitative estimate of drug-likeness (QED) is 0.909. The Hall–Kier alpha value is -1.39. The van der Waals surface area contributed by atoms with Crippen LogP contribution in [0.1, 0.15) is 25.5 Å². The van der Waals surface area contributed by atoms with Crippen LogP contribution in [0.15, 0.2) is 30.6 Å². The average Bonchev–Trinajstić information content (AvgIpc) is 2.88. The van der Waals surface area contributed by atoms with Gasteiger partial charge in [0, 0.05) is 31.5 Å². The maximum Gasteiger partial charge on any atom is 0.137 e. The third-order valence-electron chi connectivity index (χ3n) is 3.97. The molecular weight excluding hydrogens is 236 g/mol. The van der Waals surface area contributed by atoms with E-state index in [2.05, 4.69) is 40.0 Å². The first-order valence-corrected chi connectivity index (χ1v) is 7.24. The normalized spacial score (nSPS) is 20.2. The molecule has 3 rings (SSSR count). The number of rotatable bonds is 4. The Morgan fingerprint density at radius 3 is 3.16 bits per heavy atom. The molecule has 0 radical (unpaired) electrons. The van der Waals surface area contributed by atoms with Crippen molar-refractivity contribution >= 4 is 5.65 Å². The largest absolute Gasteiger partial charge is 0.315 e. The fourth-order valence-electron chi connectivity index (χ4n) is 2.92. The lowest BCUT2D eigenvalue weighted by atomic mass is 10.1. The van der Waals surface area contributed by atoms with E-state index in [9.17, 15) is 0 Å². The van der Waals surface area contributed by atoms with E-state index in [-0.39, 0.29) is 0 Å². The van der Waals surface area contributed by atoms with Gasteiger partial charge in [0.1, 0.15) is 5.65 Å². The van der Waals surface area contributed by atoms with E-state index in [0.717, 1.165) is 25.3 Å². The second-order valence-corrected chi connectivity index (χ2v) is 5.26. The zero-order valence-electron chi connectivity index (χ0n) is 11.5. The molecule has 2 aromatic rings. The Morgan fingerprint density at radius 2 is 2.42 bits per heavy atom. The van der Waals surface area contributed by atoms with Gasteiger partial charge in [-0.15, -0.1) is 0 Å². The Morgan fingerprint density at radius 1 is 1.47 bits per heavy atom. The molecule has 1 atom stereocenters. The first-order valence-electron chi connectivity index (χ1n) is 7.24. The van der Waals surface area contributed by atoms with E-state index >= 15 is 0 Å². The van der Waals surface area contributed by atoms with Gasteiger partial charge in [-0.1, -0.05) is 13.0 Å². The van der Waals surface area contributed by atoms with Crippen LogP contribution in [0, 0.1) is 0 Å². The highest BCUT2D eigenvalue weighted by Gasteiger charge is 2.20. The van der Waals surface area contributed by atoms with Crippen LogP contribution in [0.5, 0.6) is 0 Å². The summed E-state index contributed by atoms with van der Waals surface area (Å²) in [5.74, 6) is 0. The van der Waals surface area contributed by atoms with Crippen LogP contribution in [0.25, 0.3) is 5.65 Å². The van der Waals surface area contributed by atoms with Crippen LogP contribution in [0.3, 0.4) is 0 Å². The van der Waals surface area contributed by atoms with Crippen LogP contribution in [-0.4, -0.2) is 40.0 Å². The van der Waals surface area contributed by atoms with E-state index < -0.39 is 0 Å². The second-order valence-electron chi connectivity index (χ2n) is 5.26. The van der Waals surface area contributed by atoms with Crippen molar-refractivity contribution in [1.29, 1.82) is 0 Å². The van der Waals surface area contributed by atoms with Crippen molar-refractivity contribution in [2.45, 2.75) is 32.4 Å². The summed E-state index contributed by atoms with van der Waals surface area (Å²) in [4.78, 5) is 7.23. The maximum atomic E-state index is 4.70. The van der Waals surface area contributed by atoms with Gasteiger partial charge >= 0.3 is 0 Å². The minimum atomic E-state index is 0.656. The van der Waals surface area contributed by atoms with Crippen molar-refractivity contribution in [3.63, 3.8) is 0 Å². The number of piperidine rings is 1. The second kappa shape index (κ2) is 5.72. The molecule has 1 unspecified atom stereocenters. The van der Waals surface area contributed by atoms with E-state index in [1.807, 2.05) is 12.1 Å². The summed E-state index contributed by atoms with van der Waals surface area (Å²) in [6.07, 6.45) is 6.79. The molecule has 19 heavy (non-hydrogen) atoms. The van der Waals surface area contributed by atoms with Crippen LogP contribution in [0.4, 0.5) is 0 Å². The molecule has 4 nitrogen and oxygen atoms in total. The van der Waals surface area contributed by atoms with Gasteiger partial charge in [0.25, 0.3) is 0 Å². The molecule has 3 heterocycles. The summed E-state index contributed by atoms with van der Waals surface area (Å²) in [6.45, 7) is 6.55. The summed E-state index contributed by atoms with van der Waals surface area (Å²) in [5.41, 5.74) is 2.20. The third-order valence-corrected chi connectivity index (χ3v) is 3.97. The van der Waals surface area contributed by atoms with Crippen LogP contribution >= 0.6 is 0 Å². The summed E-state index contributed by atoms with van der Waals surface area (Å²) < 4.78 is 2.10. The molecule has 1 saturated heterocycles. The van der Waals surface area contributed by atoms with Crippen molar-refractivity contribution in [2.75, 3.05) is 19.6 Å². The molecule has 0 bridgehead atoms. The number of pyridine rings is 1. The van der Waals surface area contributed by atoms with Crippen LogP contribution in [-0.2, 0) is 6.54 Å². The van der Waals surface area contributed by atoms with Gasteiger partial charge < -0.3 is 9.72 Å². The van der Waals surface area contributed by atoms with Crippen molar-refractivity contribution in [3.8, 4) is 0 Å². The SMILES string of the molecule is CCN(Cc1cn2ccccc2n1)C1CCCNC1. The van der Waals surface area contributed by atoms with Crippen molar-refractivity contribution in [3.05, 3.63) is 36.3 Å². The van der Waals surface area contributed by atoms with Gasteiger partial charge in [-0.3, -0.25) is 4.90 Å². The molecular formula is C15H22N4. The summed E-state index contributed by atoms with van der Waals surface area (Å²) >= 11 is 0. The molecule has 0 saturated carbocycles. The number of hydrogen-bond acceptors (Lipinski definition) is 3. The number of nitrogens with zero attached hydrogens (tertiary/aromatic N) is 3. The van der Waals surface area contributed by atoms with Crippen LogP contribution < -0.4 is 5.32 Å². The fourth-order valence-corrected chi connectivity index (χ4v) is 2.92. The lowest BCUT2D eigenvalue weighted by Crippen LogP contribution is -2.45. The minimum absolute atomic E-state index is 0.656. The minimum Gasteiger partial charge on any atom is -0.315 e. The molecule has 0 spiro atoms. The van der Waals surface area contributed by atoms with Gasteiger partial charge in [0.05, 0.1) is 5.69 Å². The summed E-state index contributed by atoms with van der Waals surface area (Å²) in [5, 5.41) is 3.49. The number of hydrogen-bond donors (Lipinski definition) is 1. The van der Waals surface area contributed by atoms with Gasteiger partial charge in [0.2, 0.25) is 0 Å². The van der Waals surface area contributed by atoms with E-state index in [1.54, 1.807) is 0 Å². The monoisotopic (exact) mass is 258 g/mol. The highest BCUT2D eigenvalue weighted by molar-refractivity contribution is 5.39. The molecule has 1 aliphatic heterocycles. The molecule has 102 valence electrons. The Kier molecular flexibility index (Phi) is 3.80. The van der Waals surface area contributed by atoms with Gasteiger partial charge in [-0.2, -0.15) is 0 Å². The molecule has 1 fully saturated rings. The lowest BCUT2D eigenvalue weighted by molar-refractivity contribution is 0.164. The lowest BCUT2D eigenvalue weighted by Gasteiger charge is -2.33. The number of likely N-dealkylation sites (N-methyl/N-ethyl adjacent to an activating group) is 1. The Labute approximate surface area is 114 Å². The number of fused-ring (bicyclic) bond motifs is 1. The highest BCUT2D eigenvalue weighted by atomic mass is 15.2. The molecule has 0 aliphatic carbocycles. The van der Waals surface area contributed by atoms with E-state index in [0.29, 0.717) is 6.04 Å². The molecule has 0 amide bonds. The fraction of sp³-hybridized carbons (Fsp3) is 0.533. The summed E-state index contributed by atoms with van der Waals surface area (Å²) in [6, 6.07) is 6.79. The third kappa shape index (κ3) is 2.80. The predicted molar refractivity (Wildman–Crippen MR) is 77.2 cm³/mol. The van der Waals surface area contributed by atoms with E-state index in [4.69, 9.17) is 4.98 Å². The molecule has 1 aliphatic rings. The Bertz CT molecular complexity index is 495. The molecule has 1 N–H and O–H groups in total. The van der Waals surface area contributed by atoms with E-state index in [1.165, 1.54) is 25.1 Å². The number of imidazole rings is 1. The predicted octanol–water partition coefficient (Wildman–Crippen LogP) is 1.91. The molecule has 2 aromatic heterocycles. The van der Waals surface area contributed by atoms with Gasteiger partial charge in [0.15, 0.2) is 0 Å². The molecule has 0 aromatic carbocycles. The number of aromatic nitrogens is 2. The first-order chi connectivity index (χ1) is 9.36. The van der Waals surface area contributed by atoms with Crippen LogP contribution in [0.2, 0.25) is 0 Å². The summed E-state index contributed by atoms with van der Waals surface area (Å²) in [7, 11) is 0. The maximum absolute atomic E-state index is 4.70. The zero-order valence-corrected chi connectivity index (χ0v) is 11.5. The van der Waals surface area contributed by atoms with Crippen molar-refractivity contribution < 1.29 is 0 Å².